The molecular formula is C10H22N2O17P2. The molecule has 0 atom stereocenters. The SMILES string of the molecule is CO.O=C(O)CN(CC(=O)O)CP(=O)(O)O.O=C(O)CNCP(=O)(O)O.O=C=O.O=O. The van der Waals surface area contributed by atoms with Crippen LogP contribution in [0.1, 0.15) is 0 Å². The third-order valence-corrected chi connectivity index (χ3v) is 3.10. The average molecular weight is 504 g/mol. The normalized spacial score (nSPS) is 9.52. The molecule has 31 heavy (non-hydrogen) atoms. The van der Waals surface area contributed by atoms with Crippen molar-refractivity contribution in [3.8, 4) is 0 Å². The topological polar surface area (TPSA) is 331 Å². The second-order valence-electron chi connectivity index (χ2n) is 4.31. The third-order valence-electron chi connectivity index (χ3n) is 1.70. The standard InChI is InChI=1S/C5H10NO7P.C3H8NO5P.CO2.CH4O.O2/c7-4(8)1-6(2-5(9)10)3-14(11,12)13;5-3(6)1-4-2-10(7,8)9;2-1-3;2*1-2/h1-3H2,(H,7,8)(H,9,10)(H2,11,12,13);4H,1-2H2,(H,5,6)(H2,7,8,9);;2H,1H3;. The first-order valence-corrected chi connectivity index (χ1v) is 10.4. The number of carboxylic acids is 3. The predicted molar refractivity (Wildman–Crippen MR) is 96.2 cm³/mol. The Morgan fingerprint density at radius 1 is 0.806 bits per heavy atom. The number of carboxylic acid groups (broad SMARTS) is 3. The number of nitrogens with zero attached hydrogens (tertiary/aromatic N) is 1. The van der Waals surface area contributed by atoms with E-state index in [0.717, 1.165) is 7.11 Å². The van der Waals surface area contributed by atoms with Gasteiger partial charge in [-0.3, -0.25) is 33.7 Å². The number of aliphatic hydroxyl groups is 1. The first-order chi connectivity index (χ1) is 14.0. The summed E-state index contributed by atoms with van der Waals surface area (Å²) >= 11 is 0. The number of carbonyl (C=O) groups is 3. The van der Waals surface area contributed by atoms with E-state index in [4.69, 9.17) is 59.5 Å². The molecule has 0 spiro atoms. The van der Waals surface area contributed by atoms with Crippen LogP contribution in [0.3, 0.4) is 0 Å². The monoisotopic (exact) mass is 504 g/mol. The summed E-state index contributed by atoms with van der Waals surface area (Å²) in [6, 6.07) is 0. The van der Waals surface area contributed by atoms with Crippen LogP contribution < -0.4 is 5.32 Å². The molecule has 21 heteroatoms. The van der Waals surface area contributed by atoms with Gasteiger partial charge in [0.2, 0.25) is 0 Å². The number of aliphatic hydroxyl groups excluding tert-OH is 1. The van der Waals surface area contributed by atoms with Crippen molar-refractivity contribution < 1.29 is 73.1 Å². The lowest BCUT2D eigenvalue weighted by Gasteiger charge is -2.17. The Kier molecular flexibility index (Phi) is 30.1. The minimum Gasteiger partial charge on any atom is -0.480 e. The molecule has 0 saturated heterocycles. The summed E-state index contributed by atoms with van der Waals surface area (Å²) in [5, 5.41) is 33.7. The van der Waals surface area contributed by atoms with Crippen LogP contribution in [0.2, 0.25) is 0 Å². The maximum absolute atomic E-state index is 10.5. The van der Waals surface area contributed by atoms with Crippen molar-refractivity contribution in [2.24, 2.45) is 0 Å². The predicted octanol–water partition coefficient (Wildman–Crippen LogP) is -3.52. The van der Waals surface area contributed by atoms with Crippen LogP contribution in [-0.2, 0) is 33.1 Å². The van der Waals surface area contributed by atoms with E-state index in [0.29, 0.717) is 4.90 Å². The van der Waals surface area contributed by atoms with E-state index in [9.17, 15) is 23.5 Å². The van der Waals surface area contributed by atoms with E-state index < -0.39 is 65.3 Å². The Morgan fingerprint density at radius 3 is 1.32 bits per heavy atom. The molecule has 0 fully saturated rings. The van der Waals surface area contributed by atoms with E-state index >= 15 is 0 Å². The fourth-order valence-corrected chi connectivity index (χ4v) is 2.23. The molecule has 0 unspecified atom stereocenters. The average Bonchev–Trinajstić information content (AvgIpc) is 2.55. The van der Waals surface area contributed by atoms with Gasteiger partial charge in [0.15, 0.2) is 0 Å². The zero-order chi connectivity index (χ0) is 26.3. The van der Waals surface area contributed by atoms with E-state index in [2.05, 4.69) is 5.32 Å². The smallest absolute Gasteiger partial charge is 0.373 e. The van der Waals surface area contributed by atoms with E-state index in [1.807, 2.05) is 0 Å². The van der Waals surface area contributed by atoms with Crippen molar-refractivity contribution in [1.82, 2.24) is 10.2 Å². The summed E-state index contributed by atoms with van der Waals surface area (Å²) in [6.45, 7) is -1.89. The quantitative estimate of drug-likeness (QED) is 0.130. The number of hydrogen-bond acceptors (Lipinski definition) is 12. The summed E-state index contributed by atoms with van der Waals surface area (Å²) in [5.74, 6) is -3.84. The van der Waals surface area contributed by atoms with Crippen LogP contribution in [0, 0.1) is 9.93 Å². The molecule has 0 aromatic heterocycles. The lowest BCUT2D eigenvalue weighted by atomic mass is 10.5. The van der Waals surface area contributed by atoms with Gasteiger partial charge in [0, 0.05) is 17.0 Å². The molecule has 0 aliphatic carbocycles. The van der Waals surface area contributed by atoms with Crippen molar-refractivity contribution in [2.45, 2.75) is 0 Å². The van der Waals surface area contributed by atoms with Gasteiger partial charge in [-0.1, -0.05) is 0 Å². The van der Waals surface area contributed by atoms with Gasteiger partial charge in [0.25, 0.3) is 0 Å². The van der Waals surface area contributed by atoms with Crippen molar-refractivity contribution >= 4 is 39.3 Å². The van der Waals surface area contributed by atoms with Gasteiger partial charge >= 0.3 is 39.3 Å². The Bertz CT molecular complexity index is 606. The molecule has 19 nitrogen and oxygen atoms in total. The fourth-order valence-electron chi connectivity index (χ4n) is 1.11. The summed E-state index contributed by atoms with van der Waals surface area (Å²) in [4.78, 5) is 94.4. The second-order valence-corrected chi connectivity index (χ2v) is 7.57. The van der Waals surface area contributed by atoms with Gasteiger partial charge < -0.3 is 40.0 Å². The van der Waals surface area contributed by atoms with Gasteiger partial charge in [0.05, 0.1) is 25.9 Å². The Balaban J connectivity index is -0.000000116. The molecule has 0 rings (SSSR count). The summed E-state index contributed by atoms with van der Waals surface area (Å²) in [7, 11) is -7.53. The van der Waals surface area contributed by atoms with Crippen molar-refractivity contribution in [1.29, 1.82) is 0 Å². The summed E-state index contributed by atoms with van der Waals surface area (Å²) in [6.07, 6.45) is -1.23. The van der Waals surface area contributed by atoms with Crippen LogP contribution in [0.25, 0.3) is 0 Å². The van der Waals surface area contributed by atoms with Crippen molar-refractivity contribution in [3.05, 3.63) is 9.93 Å². The van der Waals surface area contributed by atoms with Crippen LogP contribution in [0.5, 0.6) is 0 Å². The minimum atomic E-state index is -4.44. The highest BCUT2D eigenvalue weighted by Gasteiger charge is 2.22. The highest BCUT2D eigenvalue weighted by atomic mass is 31.2. The summed E-state index contributed by atoms with van der Waals surface area (Å²) < 4.78 is 20.5. The molecule has 0 aromatic carbocycles. The molecule has 0 heterocycles. The molecule has 0 aliphatic rings. The van der Waals surface area contributed by atoms with Crippen LogP contribution in [0.15, 0.2) is 0 Å². The molecule has 0 aromatic rings. The minimum absolute atomic E-state index is 0.250. The molecule has 0 saturated carbocycles. The Labute approximate surface area is 172 Å². The molecular weight excluding hydrogens is 482 g/mol. The zero-order valence-corrected chi connectivity index (χ0v) is 17.4. The van der Waals surface area contributed by atoms with Crippen molar-refractivity contribution in [2.75, 3.05) is 39.3 Å². The Hall–Kier alpha value is -2.43. The lowest BCUT2D eigenvalue weighted by molar-refractivity contribution is -0.191. The van der Waals surface area contributed by atoms with Gasteiger partial charge in [-0.15, -0.1) is 0 Å². The molecule has 0 amide bonds. The number of aliphatic carboxylic acids is 3. The first-order valence-electron chi connectivity index (χ1n) is 6.82. The molecule has 0 bridgehead atoms. The second kappa shape index (κ2) is 23.8. The highest BCUT2D eigenvalue weighted by molar-refractivity contribution is 7.51. The van der Waals surface area contributed by atoms with Crippen LogP contribution >= 0.6 is 15.2 Å². The van der Waals surface area contributed by atoms with Gasteiger partial charge in [-0.05, 0) is 0 Å². The number of rotatable bonds is 10. The number of nitrogens with one attached hydrogen (secondary N) is 1. The van der Waals surface area contributed by atoms with Crippen LogP contribution in [-0.4, -0.2) is 108 Å². The van der Waals surface area contributed by atoms with Gasteiger partial charge in [-0.2, -0.15) is 9.59 Å². The maximum atomic E-state index is 10.5. The first kappa shape index (κ1) is 39.1. The zero-order valence-electron chi connectivity index (χ0n) is 15.6. The molecule has 0 radical (unpaired) electrons. The van der Waals surface area contributed by atoms with Crippen molar-refractivity contribution in [3.63, 3.8) is 0 Å². The van der Waals surface area contributed by atoms with E-state index in [1.165, 1.54) is 0 Å². The lowest BCUT2D eigenvalue weighted by Crippen LogP contribution is -2.35. The maximum Gasteiger partial charge on any atom is 0.373 e. The molecule has 9 N–H and O–H groups in total. The largest absolute Gasteiger partial charge is 0.480 e. The number of hydrogen-bond donors (Lipinski definition) is 9. The van der Waals surface area contributed by atoms with E-state index in [1.54, 1.807) is 0 Å². The molecule has 0 aliphatic heterocycles. The van der Waals surface area contributed by atoms with Gasteiger partial charge in [0.1, 0.15) is 6.29 Å². The van der Waals surface area contributed by atoms with Gasteiger partial charge in [-0.25, -0.2) is 0 Å². The molecule has 184 valence electrons. The van der Waals surface area contributed by atoms with Crippen LogP contribution in [0.4, 0.5) is 0 Å². The third kappa shape index (κ3) is 58.4. The highest BCUT2D eigenvalue weighted by Crippen LogP contribution is 2.34. The Morgan fingerprint density at radius 2 is 1.13 bits per heavy atom. The fraction of sp³-hybridized carbons (Fsp3) is 0.600. The number of carbonyl (C=O) groups excluding carboxylic acids is 2. The summed E-state index contributed by atoms with van der Waals surface area (Å²) in [5.41, 5.74) is 0. The van der Waals surface area contributed by atoms with E-state index in [-0.39, 0.29) is 6.15 Å².